The zero-order valence-electron chi connectivity index (χ0n) is 20.3. The minimum atomic E-state index is -0.685. The summed E-state index contributed by atoms with van der Waals surface area (Å²) in [4.78, 5) is 36.3. The van der Waals surface area contributed by atoms with Gasteiger partial charge in [0.05, 0.1) is 24.7 Å². The molecule has 2 heterocycles. The number of aromatic nitrogens is 3. The number of amides is 2. The molecule has 0 aliphatic heterocycles. The topological polar surface area (TPSA) is 144 Å². The van der Waals surface area contributed by atoms with Crippen molar-refractivity contribution in [2.75, 3.05) is 24.8 Å². The molecule has 0 aliphatic rings. The first kappa shape index (κ1) is 25.4. The zero-order chi connectivity index (χ0) is 26.5. The average Bonchev–Trinajstić information content (AvgIpc) is 2.90. The highest BCUT2D eigenvalue weighted by molar-refractivity contribution is 6.33. The van der Waals surface area contributed by atoms with Gasteiger partial charge in [0.25, 0.3) is 11.8 Å². The molecule has 37 heavy (non-hydrogen) atoms. The fourth-order valence-corrected chi connectivity index (χ4v) is 3.81. The van der Waals surface area contributed by atoms with E-state index in [1.807, 2.05) is 31.2 Å². The van der Waals surface area contributed by atoms with Gasteiger partial charge in [0.15, 0.2) is 11.5 Å². The van der Waals surface area contributed by atoms with E-state index in [4.69, 9.17) is 22.1 Å². The number of carbonyl (C=O) groups is 2. The van der Waals surface area contributed by atoms with Crippen LogP contribution in [0.3, 0.4) is 0 Å². The second-order valence-corrected chi connectivity index (χ2v) is 8.34. The summed E-state index contributed by atoms with van der Waals surface area (Å²) in [6.45, 7) is 1.97. The van der Waals surface area contributed by atoms with E-state index in [0.29, 0.717) is 22.7 Å². The molecule has 2 aromatic heterocycles. The number of halogens is 1. The Labute approximate surface area is 218 Å². The molecular weight excluding hydrogens is 494 g/mol. The van der Waals surface area contributed by atoms with Crippen LogP contribution in [-0.2, 0) is 0 Å². The number of benzene rings is 2. The smallest absolute Gasteiger partial charge is 0.269 e. The molecule has 0 fully saturated rings. The van der Waals surface area contributed by atoms with E-state index in [2.05, 4.69) is 30.9 Å². The summed E-state index contributed by atoms with van der Waals surface area (Å²) in [7, 11) is 3.16. The number of nitrogens with one attached hydrogen (secondary N) is 3. The molecule has 2 aromatic carbocycles. The van der Waals surface area contributed by atoms with Crippen molar-refractivity contribution in [3.63, 3.8) is 0 Å². The lowest BCUT2D eigenvalue weighted by Crippen LogP contribution is -2.17. The largest absolute Gasteiger partial charge is 0.495 e. The Morgan fingerprint density at radius 1 is 1.03 bits per heavy atom. The highest BCUT2D eigenvalue weighted by Crippen LogP contribution is 2.36. The van der Waals surface area contributed by atoms with Crippen molar-refractivity contribution in [1.82, 2.24) is 20.3 Å². The molecule has 4 rings (SSSR count). The number of rotatable bonds is 8. The fraction of sp³-hybridized carbons (Fsp3) is 0.115. The van der Waals surface area contributed by atoms with E-state index in [1.54, 1.807) is 38.4 Å². The summed E-state index contributed by atoms with van der Waals surface area (Å²) >= 11 is 6.29. The molecule has 0 saturated heterocycles. The number of hydrogen-bond donors (Lipinski definition) is 4. The van der Waals surface area contributed by atoms with Crippen LogP contribution in [0.4, 0.5) is 23.1 Å². The van der Waals surface area contributed by atoms with Gasteiger partial charge in [0, 0.05) is 18.8 Å². The number of methoxy groups -OCH3 is 1. The normalized spacial score (nSPS) is 10.5. The zero-order valence-corrected chi connectivity index (χ0v) is 21.1. The molecule has 0 atom stereocenters. The molecule has 10 nitrogen and oxygen atoms in total. The number of carbonyl (C=O) groups excluding carboxylic acids is 2. The van der Waals surface area contributed by atoms with Gasteiger partial charge in [0.2, 0.25) is 5.95 Å². The Morgan fingerprint density at radius 2 is 1.78 bits per heavy atom. The van der Waals surface area contributed by atoms with Crippen LogP contribution in [0.5, 0.6) is 5.75 Å². The predicted octanol–water partition coefficient (Wildman–Crippen LogP) is 4.45. The summed E-state index contributed by atoms with van der Waals surface area (Å²) in [6, 6.07) is 14.4. The van der Waals surface area contributed by atoms with Crippen LogP contribution in [0.2, 0.25) is 5.02 Å². The van der Waals surface area contributed by atoms with Gasteiger partial charge in [-0.2, -0.15) is 4.98 Å². The number of primary amides is 1. The number of pyridine rings is 1. The van der Waals surface area contributed by atoms with E-state index in [9.17, 15) is 9.59 Å². The Bertz CT molecular complexity index is 1480. The first-order valence-corrected chi connectivity index (χ1v) is 11.5. The molecule has 0 unspecified atom stereocenters. The summed E-state index contributed by atoms with van der Waals surface area (Å²) in [5, 5.41) is 9.00. The van der Waals surface area contributed by atoms with Crippen molar-refractivity contribution in [2.24, 2.45) is 5.73 Å². The molecular formula is C26H24ClN7O3. The van der Waals surface area contributed by atoms with Gasteiger partial charge in [-0.15, -0.1) is 0 Å². The number of nitrogens with zero attached hydrogens (tertiary/aromatic N) is 3. The van der Waals surface area contributed by atoms with E-state index in [0.717, 1.165) is 16.7 Å². The summed E-state index contributed by atoms with van der Waals surface area (Å²) in [5.74, 6) is 0.240. The minimum Gasteiger partial charge on any atom is -0.495 e. The van der Waals surface area contributed by atoms with Crippen LogP contribution in [0.25, 0.3) is 11.1 Å². The van der Waals surface area contributed by atoms with Crippen molar-refractivity contribution < 1.29 is 14.3 Å². The fourth-order valence-electron chi connectivity index (χ4n) is 3.68. The van der Waals surface area contributed by atoms with Crippen molar-refractivity contribution >= 4 is 46.6 Å². The Morgan fingerprint density at radius 3 is 2.46 bits per heavy atom. The molecule has 0 bridgehead atoms. The van der Waals surface area contributed by atoms with E-state index >= 15 is 0 Å². The van der Waals surface area contributed by atoms with E-state index < -0.39 is 5.91 Å². The number of aryl methyl sites for hydroxylation is 1. The number of hydrogen-bond acceptors (Lipinski definition) is 8. The van der Waals surface area contributed by atoms with Crippen LogP contribution in [-0.4, -0.2) is 40.9 Å². The maximum absolute atomic E-state index is 11.9. The molecule has 11 heteroatoms. The lowest BCUT2D eigenvalue weighted by molar-refractivity contribution is 0.0961. The first-order valence-electron chi connectivity index (χ1n) is 11.1. The van der Waals surface area contributed by atoms with Crippen molar-refractivity contribution in [3.05, 3.63) is 82.8 Å². The Kier molecular flexibility index (Phi) is 7.49. The highest BCUT2D eigenvalue weighted by atomic mass is 35.5. The van der Waals surface area contributed by atoms with Gasteiger partial charge >= 0.3 is 0 Å². The Balaban J connectivity index is 1.63. The third-order valence-electron chi connectivity index (χ3n) is 5.52. The van der Waals surface area contributed by atoms with Crippen LogP contribution in [0, 0.1) is 6.92 Å². The van der Waals surface area contributed by atoms with Gasteiger partial charge in [0.1, 0.15) is 10.8 Å². The SMILES string of the molecule is CNC(=O)c1ccc(-c2cc(OC)c(Nc3ncc(Cl)c(Nc4cccnc4C(N)=O)n3)cc2C)cc1. The lowest BCUT2D eigenvalue weighted by atomic mass is 9.98. The van der Waals surface area contributed by atoms with Gasteiger partial charge in [-0.05, 0) is 60.0 Å². The molecule has 0 saturated carbocycles. The molecule has 2 amide bonds. The van der Waals surface area contributed by atoms with Gasteiger partial charge in [-0.1, -0.05) is 23.7 Å². The van der Waals surface area contributed by atoms with Gasteiger partial charge < -0.3 is 26.4 Å². The highest BCUT2D eigenvalue weighted by Gasteiger charge is 2.15. The van der Waals surface area contributed by atoms with Crippen LogP contribution >= 0.6 is 11.6 Å². The third-order valence-corrected chi connectivity index (χ3v) is 5.79. The molecule has 5 N–H and O–H groups in total. The quantitative estimate of drug-likeness (QED) is 0.268. The van der Waals surface area contributed by atoms with Gasteiger partial charge in [-0.3, -0.25) is 9.59 Å². The number of nitrogens with two attached hydrogens (primary N) is 1. The summed E-state index contributed by atoms with van der Waals surface area (Å²) < 4.78 is 5.62. The van der Waals surface area contributed by atoms with Crippen molar-refractivity contribution in [1.29, 1.82) is 0 Å². The third kappa shape index (κ3) is 5.60. The number of anilines is 4. The molecule has 0 radical (unpaired) electrons. The minimum absolute atomic E-state index is 0.0583. The second-order valence-electron chi connectivity index (χ2n) is 7.93. The predicted molar refractivity (Wildman–Crippen MR) is 143 cm³/mol. The van der Waals surface area contributed by atoms with Crippen LogP contribution in [0.15, 0.2) is 60.9 Å². The Hall–Kier alpha value is -4.70. The molecule has 0 aliphatic carbocycles. The van der Waals surface area contributed by atoms with Crippen molar-refractivity contribution in [3.8, 4) is 16.9 Å². The van der Waals surface area contributed by atoms with Crippen molar-refractivity contribution in [2.45, 2.75) is 6.92 Å². The summed E-state index contributed by atoms with van der Waals surface area (Å²) in [6.07, 6.45) is 2.90. The molecule has 4 aromatic rings. The number of ether oxygens (including phenoxy) is 1. The second kappa shape index (κ2) is 10.9. The lowest BCUT2D eigenvalue weighted by Gasteiger charge is -2.16. The monoisotopic (exact) mass is 517 g/mol. The molecule has 188 valence electrons. The average molecular weight is 518 g/mol. The maximum Gasteiger partial charge on any atom is 0.269 e. The molecule has 0 spiro atoms. The van der Waals surface area contributed by atoms with E-state index in [1.165, 1.54) is 12.4 Å². The van der Waals surface area contributed by atoms with Crippen LogP contribution in [0.1, 0.15) is 26.4 Å². The van der Waals surface area contributed by atoms with E-state index in [-0.39, 0.29) is 28.4 Å². The van der Waals surface area contributed by atoms with Crippen LogP contribution < -0.4 is 26.4 Å². The standard InChI is InChI=1S/C26H24ClN7O3/c1-14-11-20(21(37-3)12-17(14)15-6-8-16(9-7-15)25(36)29-2)33-26-31-13-18(27)24(34-26)32-19-5-4-10-30-22(19)23(28)35/h4-13H,1-3H3,(H2,28,35)(H,29,36)(H2,31,32,33,34). The summed E-state index contributed by atoms with van der Waals surface area (Å²) in [5.41, 5.74) is 9.89. The first-order chi connectivity index (χ1) is 17.8. The maximum atomic E-state index is 11.9. The van der Waals surface area contributed by atoms with Gasteiger partial charge in [-0.25, -0.2) is 9.97 Å².